The Labute approximate surface area is 112 Å². The van der Waals surface area contributed by atoms with Crippen LogP contribution in [0.4, 0.5) is 4.39 Å². The zero-order valence-corrected chi connectivity index (χ0v) is 11.8. The van der Waals surface area contributed by atoms with Crippen LogP contribution < -0.4 is 5.32 Å². The van der Waals surface area contributed by atoms with Crippen LogP contribution in [0.5, 0.6) is 0 Å². The summed E-state index contributed by atoms with van der Waals surface area (Å²) in [5.74, 6) is -0.141. The highest BCUT2D eigenvalue weighted by molar-refractivity contribution is 7.15. The standard InChI is InChI=1S/C15H18FNS/c1-4-13(17-3)15-8-7-14(18-15)11-5-6-12(16)10(2)9-11/h5-9,13,17H,4H2,1-3H3. The number of hydrogen-bond donors (Lipinski definition) is 1. The molecule has 1 heterocycles. The summed E-state index contributed by atoms with van der Waals surface area (Å²) in [5, 5.41) is 3.30. The van der Waals surface area contributed by atoms with Crippen LogP contribution in [0.15, 0.2) is 30.3 Å². The van der Waals surface area contributed by atoms with Crippen LogP contribution in [0.25, 0.3) is 10.4 Å². The molecule has 2 aromatic rings. The number of nitrogens with one attached hydrogen (secondary N) is 1. The fourth-order valence-corrected chi connectivity index (χ4v) is 3.24. The average Bonchev–Trinajstić information content (AvgIpc) is 2.84. The van der Waals surface area contributed by atoms with Crippen molar-refractivity contribution in [3.63, 3.8) is 0 Å². The van der Waals surface area contributed by atoms with Crippen molar-refractivity contribution in [3.8, 4) is 10.4 Å². The third-order valence-electron chi connectivity index (χ3n) is 3.17. The molecule has 0 aliphatic rings. The van der Waals surface area contributed by atoms with Gasteiger partial charge in [0.05, 0.1) is 0 Å². The lowest BCUT2D eigenvalue weighted by Gasteiger charge is -2.10. The van der Waals surface area contributed by atoms with E-state index in [2.05, 4.69) is 24.4 Å². The lowest BCUT2D eigenvalue weighted by Crippen LogP contribution is -2.13. The van der Waals surface area contributed by atoms with Gasteiger partial charge in [0.2, 0.25) is 0 Å². The fraction of sp³-hybridized carbons (Fsp3) is 0.333. The molecule has 0 radical (unpaired) electrons. The second-order valence-electron chi connectivity index (χ2n) is 4.42. The molecule has 0 spiro atoms. The van der Waals surface area contributed by atoms with E-state index in [-0.39, 0.29) is 5.82 Å². The Morgan fingerprint density at radius 3 is 2.67 bits per heavy atom. The Balaban J connectivity index is 2.31. The number of benzene rings is 1. The summed E-state index contributed by atoms with van der Waals surface area (Å²) in [7, 11) is 1.98. The smallest absolute Gasteiger partial charge is 0.126 e. The van der Waals surface area contributed by atoms with Gasteiger partial charge in [-0.05, 0) is 55.8 Å². The van der Waals surface area contributed by atoms with Crippen molar-refractivity contribution < 1.29 is 4.39 Å². The quantitative estimate of drug-likeness (QED) is 0.854. The molecule has 0 aliphatic carbocycles. The summed E-state index contributed by atoms with van der Waals surface area (Å²) >= 11 is 1.77. The second kappa shape index (κ2) is 5.63. The molecular weight excluding hydrogens is 245 g/mol. The van der Waals surface area contributed by atoms with Crippen LogP contribution in [0.1, 0.15) is 29.8 Å². The van der Waals surface area contributed by atoms with Crippen LogP contribution in [-0.4, -0.2) is 7.05 Å². The van der Waals surface area contributed by atoms with Crippen LogP contribution in [0.2, 0.25) is 0 Å². The first-order valence-corrected chi connectivity index (χ1v) is 7.01. The predicted octanol–water partition coefficient (Wildman–Crippen LogP) is 4.53. The van der Waals surface area contributed by atoms with Crippen LogP contribution >= 0.6 is 11.3 Å². The Bertz CT molecular complexity index is 529. The third-order valence-corrected chi connectivity index (χ3v) is 4.42. The minimum absolute atomic E-state index is 0.141. The maximum absolute atomic E-state index is 13.3. The zero-order valence-electron chi connectivity index (χ0n) is 11.0. The van der Waals surface area contributed by atoms with E-state index >= 15 is 0 Å². The highest BCUT2D eigenvalue weighted by Crippen LogP contribution is 2.33. The van der Waals surface area contributed by atoms with Crippen molar-refractivity contribution in [3.05, 3.63) is 46.6 Å². The fourth-order valence-electron chi connectivity index (χ4n) is 2.04. The number of hydrogen-bond acceptors (Lipinski definition) is 2. The molecule has 96 valence electrons. The van der Waals surface area contributed by atoms with E-state index in [4.69, 9.17) is 0 Å². The molecule has 18 heavy (non-hydrogen) atoms. The highest BCUT2D eigenvalue weighted by atomic mass is 32.1. The number of rotatable bonds is 4. The normalized spacial score (nSPS) is 12.7. The molecule has 0 saturated heterocycles. The molecule has 1 nitrogen and oxygen atoms in total. The second-order valence-corrected chi connectivity index (χ2v) is 5.53. The molecule has 2 rings (SSSR count). The van der Waals surface area contributed by atoms with Crippen LogP contribution in [0.3, 0.4) is 0 Å². The van der Waals surface area contributed by atoms with Gasteiger partial charge in [0.15, 0.2) is 0 Å². The molecule has 0 bridgehead atoms. The van der Waals surface area contributed by atoms with Crippen LogP contribution in [0, 0.1) is 12.7 Å². The summed E-state index contributed by atoms with van der Waals surface area (Å²) in [4.78, 5) is 2.53. The predicted molar refractivity (Wildman–Crippen MR) is 76.5 cm³/mol. The highest BCUT2D eigenvalue weighted by Gasteiger charge is 2.11. The van der Waals surface area contributed by atoms with Gasteiger partial charge in [-0.15, -0.1) is 11.3 Å². The minimum atomic E-state index is -0.141. The first kappa shape index (κ1) is 13.2. The lowest BCUT2D eigenvalue weighted by molar-refractivity contribution is 0.586. The molecule has 1 aromatic heterocycles. The van der Waals surface area contributed by atoms with Gasteiger partial charge in [-0.2, -0.15) is 0 Å². The summed E-state index contributed by atoms with van der Waals surface area (Å²) in [5.41, 5.74) is 1.79. The Morgan fingerprint density at radius 2 is 2.06 bits per heavy atom. The molecule has 1 unspecified atom stereocenters. The topological polar surface area (TPSA) is 12.0 Å². The SMILES string of the molecule is CCC(NC)c1ccc(-c2ccc(F)c(C)c2)s1. The van der Waals surface area contributed by atoms with Crippen LogP contribution in [-0.2, 0) is 0 Å². The zero-order chi connectivity index (χ0) is 13.1. The Morgan fingerprint density at radius 1 is 1.28 bits per heavy atom. The van der Waals surface area contributed by atoms with E-state index in [0.717, 1.165) is 12.0 Å². The van der Waals surface area contributed by atoms with Gasteiger partial charge < -0.3 is 5.32 Å². The van der Waals surface area contributed by atoms with Gasteiger partial charge >= 0.3 is 0 Å². The van der Waals surface area contributed by atoms with E-state index in [1.807, 2.05) is 19.2 Å². The van der Waals surface area contributed by atoms with Gasteiger partial charge in [0.25, 0.3) is 0 Å². The van der Waals surface area contributed by atoms with Crippen molar-refractivity contribution >= 4 is 11.3 Å². The number of halogens is 1. The summed E-state index contributed by atoms with van der Waals surface area (Å²) in [6, 6.07) is 9.98. The Hall–Kier alpha value is -1.19. The molecule has 1 atom stereocenters. The van der Waals surface area contributed by atoms with Gasteiger partial charge in [-0.25, -0.2) is 4.39 Å². The van der Waals surface area contributed by atoms with Crippen molar-refractivity contribution in [1.82, 2.24) is 5.32 Å². The van der Waals surface area contributed by atoms with E-state index in [1.165, 1.54) is 9.75 Å². The molecule has 0 aliphatic heterocycles. The first-order valence-electron chi connectivity index (χ1n) is 6.19. The average molecular weight is 263 g/mol. The van der Waals surface area contributed by atoms with Gasteiger partial charge in [0.1, 0.15) is 5.82 Å². The van der Waals surface area contributed by atoms with Crippen molar-refractivity contribution in [2.24, 2.45) is 0 Å². The summed E-state index contributed by atoms with van der Waals surface area (Å²) in [6.45, 7) is 3.97. The molecule has 3 heteroatoms. The largest absolute Gasteiger partial charge is 0.312 e. The maximum Gasteiger partial charge on any atom is 0.126 e. The van der Waals surface area contributed by atoms with E-state index in [0.29, 0.717) is 11.6 Å². The molecule has 1 N–H and O–H groups in total. The molecular formula is C15H18FNS. The van der Waals surface area contributed by atoms with Gasteiger partial charge in [0, 0.05) is 15.8 Å². The van der Waals surface area contributed by atoms with Crippen molar-refractivity contribution in [1.29, 1.82) is 0 Å². The van der Waals surface area contributed by atoms with Gasteiger partial charge in [-0.1, -0.05) is 13.0 Å². The van der Waals surface area contributed by atoms with Gasteiger partial charge in [-0.3, -0.25) is 0 Å². The third kappa shape index (κ3) is 2.62. The Kier molecular flexibility index (Phi) is 4.15. The molecule has 1 aromatic carbocycles. The summed E-state index contributed by atoms with van der Waals surface area (Å²) < 4.78 is 13.3. The molecule has 0 fully saturated rings. The lowest BCUT2D eigenvalue weighted by atomic mass is 10.1. The number of aryl methyl sites for hydroxylation is 1. The van der Waals surface area contributed by atoms with Crippen molar-refractivity contribution in [2.75, 3.05) is 7.05 Å². The molecule has 0 amide bonds. The van der Waals surface area contributed by atoms with E-state index in [1.54, 1.807) is 24.3 Å². The van der Waals surface area contributed by atoms with E-state index < -0.39 is 0 Å². The summed E-state index contributed by atoms with van der Waals surface area (Å²) in [6.07, 6.45) is 1.07. The number of thiophene rings is 1. The van der Waals surface area contributed by atoms with E-state index in [9.17, 15) is 4.39 Å². The monoisotopic (exact) mass is 263 g/mol. The van der Waals surface area contributed by atoms with Crippen molar-refractivity contribution in [2.45, 2.75) is 26.3 Å². The first-order chi connectivity index (χ1) is 8.65. The maximum atomic E-state index is 13.3. The molecule has 0 saturated carbocycles. The minimum Gasteiger partial charge on any atom is -0.312 e.